The number of rotatable bonds is 6. The number of H-pyrrole nitrogens is 1. The maximum atomic E-state index is 12.3. The summed E-state index contributed by atoms with van der Waals surface area (Å²) >= 11 is 1.52. The number of esters is 1. The summed E-state index contributed by atoms with van der Waals surface area (Å²) in [6.07, 6.45) is 1.41. The number of nitrogens with one attached hydrogen (secondary N) is 2. The van der Waals surface area contributed by atoms with E-state index < -0.39 is 24.0 Å². The quantitative estimate of drug-likeness (QED) is 0.655. The van der Waals surface area contributed by atoms with Crippen LogP contribution in [0.2, 0.25) is 0 Å². The van der Waals surface area contributed by atoms with E-state index in [0.717, 1.165) is 10.4 Å². The van der Waals surface area contributed by atoms with Crippen molar-refractivity contribution in [3.8, 4) is 0 Å². The lowest BCUT2D eigenvalue weighted by Gasteiger charge is -2.18. The van der Waals surface area contributed by atoms with Gasteiger partial charge in [0.25, 0.3) is 11.5 Å². The third-order valence-electron chi connectivity index (χ3n) is 3.64. The molecule has 0 aliphatic carbocycles. The zero-order chi connectivity index (χ0) is 18.4. The number of carbonyl (C=O) groups excluding carboxylic acids is 2. The number of aromatic amines is 1. The standard InChI is InChI=1S/C19H16N2O4S/c22-16(12-25-19(24)14-8-4-10-20-18(14)23)21-17(15-9-5-11-26-15)13-6-2-1-3-7-13/h1-11,17H,12H2,(H,20,23)(H,21,22)/t17-/m1/s1. The second-order valence-corrected chi connectivity index (χ2v) is 6.39. The summed E-state index contributed by atoms with van der Waals surface area (Å²) in [6, 6.07) is 15.9. The molecule has 132 valence electrons. The Morgan fingerprint density at radius 1 is 1.08 bits per heavy atom. The van der Waals surface area contributed by atoms with E-state index in [9.17, 15) is 14.4 Å². The maximum absolute atomic E-state index is 12.3. The molecule has 1 aromatic carbocycles. The lowest BCUT2D eigenvalue weighted by atomic mass is 10.1. The summed E-state index contributed by atoms with van der Waals surface area (Å²) in [6.45, 7) is -0.470. The van der Waals surface area contributed by atoms with Crippen molar-refractivity contribution in [1.29, 1.82) is 0 Å². The fourth-order valence-corrected chi connectivity index (χ4v) is 3.22. The molecule has 3 aromatic rings. The van der Waals surface area contributed by atoms with E-state index in [1.165, 1.54) is 29.7 Å². The molecule has 0 radical (unpaired) electrons. The first-order valence-corrected chi connectivity index (χ1v) is 8.75. The van der Waals surface area contributed by atoms with Crippen molar-refractivity contribution in [3.63, 3.8) is 0 Å². The summed E-state index contributed by atoms with van der Waals surface area (Å²) in [5.41, 5.74) is 0.228. The van der Waals surface area contributed by atoms with Crippen molar-refractivity contribution < 1.29 is 14.3 Å². The smallest absolute Gasteiger partial charge is 0.344 e. The predicted octanol–water partition coefficient (Wildman–Crippen LogP) is 2.50. The Morgan fingerprint density at radius 2 is 1.88 bits per heavy atom. The van der Waals surface area contributed by atoms with Crippen LogP contribution in [0.1, 0.15) is 26.8 Å². The zero-order valence-corrected chi connectivity index (χ0v) is 14.5. The number of carbonyl (C=O) groups is 2. The minimum atomic E-state index is -0.839. The number of aromatic nitrogens is 1. The molecule has 7 heteroatoms. The average Bonchev–Trinajstić information content (AvgIpc) is 3.19. The zero-order valence-electron chi connectivity index (χ0n) is 13.7. The van der Waals surface area contributed by atoms with Crippen LogP contribution in [0.5, 0.6) is 0 Å². The molecule has 1 atom stereocenters. The number of thiophene rings is 1. The number of hydrogen-bond donors (Lipinski definition) is 2. The highest BCUT2D eigenvalue weighted by molar-refractivity contribution is 7.10. The van der Waals surface area contributed by atoms with Crippen LogP contribution in [0.15, 0.2) is 71.0 Å². The van der Waals surface area contributed by atoms with Crippen LogP contribution >= 0.6 is 11.3 Å². The SMILES string of the molecule is O=C(COC(=O)c1ccc[nH]c1=O)N[C@H](c1ccccc1)c1cccs1. The highest BCUT2D eigenvalue weighted by atomic mass is 32.1. The minimum Gasteiger partial charge on any atom is -0.452 e. The molecule has 0 aliphatic heterocycles. The van der Waals surface area contributed by atoms with E-state index in [0.29, 0.717) is 0 Å². The van der Waals surface area contributed by atoms with Crippen molar-refractivity contribution in [2.45, 2.75) is 6.04 Å². The molecule has 6 nitrogen and oxygen atoms in total. The predicted molar refractivity (Wildman–Crippen MR) is 98.1 cm³/mol. The molecule has 0 spiro atoms. The van der Waals surface area contributed by atoms with Crippen LogP contribution in [0.3, 0.4) is 0 Å². The molecule has 2 aromatic heterocycles. The third-order valence-corrected chi connectivity index (χ3v) is 4.58. The molecule has 3 rings (SSSR count). The molecule has 0 bridgehead atoms. The molecule has 26 heavy (non-hydrogen) atoms. The highest BCUT2D eigenvalue weighted by Crippen LogP contribution is 2.25. The number of pyridine rings is 1. The van der Waals surface area contributed by atoms with Gasteiger partial charge in [-0.15, -0.1) is 11.3 Å². The molecule has 0 fully saturated rings. The third kappa shape index (κ3) is 4.25. The molecular formula is C19H16N2O4S. The number of benzene rings is 1. The Hall–Kier alpha value is -3.19. The second kappa shape index (κ2) is 8.26. The Kier molecular flexibility index (Phi) is 5.60. The van der Waals surface area contributed by atoms with E-state index in [-0.39, 0.29) is 11.6 Å². The van der Waals surface area contributed by atoms with E-state index in [4.69, 9.17) is 4.74 Å². The Balaban J connectivity index is 1.66. The molecule has 0 unspecified atom stereocenters. The largest absolute Gasteiger partial charge is 0.452 e. The van der Waals surface area contributed by atoms with Gasteiger partial charge in [0.05, 0.1) is 6.04 Å². The van der Waals surface area contributed by atoms with Gasteiger partial charge in [-0.3, -0.25) is 9.59 Å². The van der Waals surface area contributed by atoms with Gasteiger partial charge in [-0.25, -0.2) is 4.79 Å². The fourth-order valence-electron chi connectivity index (χ4n) is 2.41. The van der Waals surface area contributed by atoms with Gasteiger partial charge in [0.15, 0.2) is 6.61 Å². The first-order chi connectivity index (χ1) is 12.6. The highest BCUT2D eigenvalue weighted by Gasteiger charge is 2.19. The van der Waals surface area contributed by atoms with Gasteiger partial charge >= 0.3 is 5.97 Å². The van der Waals surface area contributed by atoms with Gasteiger partial charge in [0.2, 0.25) is 0 Å². The van der Waals surface area contributed by atoms with Crippen molar-refractivity contribution in [3.05, 3.63) is 92.5 Å². The van der Waals surface area contributed by atoms with Gasteiger partial charge < -0.3 is 15.0 Å². The van der Waals surface area contributed by atoms with Gasteiger partial charge in [-0.2, -0.15) is 0 Å². The summed E-state index contributed by atoms with van der Waals surface area (Å²) in [5.74, 6) is -1.29. The van der Waals surface area contributed by atoms with E-state index in [1.54, 1.807) is 0 Å². The second-order valence-electron chi connectivity index (χ2n) is 5.42. The van der Waals surface area contributed by atoms with E-state index in [1.807, 2.05) is 47.8 Å². The first kappa shape index (κ1) is 17.6. The normalized spacial score (nSPS) is 11.5. The molecule has 2 heterocycles. The van der Waals surface area contributed by atoms with Crippen molar-refractivity contribution >= 4 is 23.2 Å². The topological polar surface area (TPSA) is 88.3 Å². The summed E-state index contributed by atoms with van der Waals surface area (Å²) in [5, 5.41) is 4.80. The van der Waals surface area contributed by atoms with Crippen molar-refractivity contribution in [2.75, 3.05) is 6.61 Å². The van der Waals surface area contributed by atoms with Crippen molar-refractivity contribution in [2.24, 2.45) is 0 Å². The van der Waals surface area contributed by atoms with Gasteiger partial charge in [0, 0.05) is 11.1 Å². The summed E-state index contributed by atoms with van der Waals surface area (Å²) in [7, 11) is 0. The summed E-state index contributed by atoms with van der Waals surface area (Å²) in [4.78, 5) is 39.1. The van der Waals surface area contributed by atoms with Gasteiger partial charge in [-0.05, 0) is 29.1 Å². The number of amides is 1. The van der Waals surface area contributed by atoms with Crippen LogP contribution in [0.25, 0.3) is 0 Å². The Morgan fingerprint density at radius 3 is 2.58 bits per heavy atom. The lowest BCUT2D eigenvalue weighted by Crippen LogP contribution is -2.33. The Bertz CT molecular complexity index is 935. The van der Waals surface area contributed by atoms with Crippen LogP contribution < -0.4 is 10.9 Å². The summed E-state index contributed by atoms with van der Waals surface area (Å²) < 4.78 is 4.96. The van der Waals surface area contributed by atoms with Crippen LogP contribution in [0, 0.1) is 0 Å². The molecule has 1 amide bonds. The van der Waals surface area contributed by atoms with E-state index >= 15 is 0 Å². The fraction of sp³-hybridized carbons (Fsp3) is 0.105. The van der Waals surface area contributed by atoms with Gasteiger partial charge in [0.1, 0.15) is 5.56 Å². The average molecular weight is 368 g/mol. The van der Waals surface area contributed by atoms with Crippen LogP contribution in [-0.2, 0) is 9.53 Å². The number of hydrogen-bond acceptors (Lipinski definition) is 5. The minimum absolute atomic E-state index is 0.141. The first-order valence-electron chi connectivity index (χ1n) is 7.87. The Labute approximate surface area is 153 Å². The maximum Gasteiger partial charge on any atom is 0.344 e. The molecular weight excluding hydrogens is 352 g/mol. The van der Waals surface area contributed by atoms with Gasteiger partial charge in [-0.1, -0.05) is 36.4 Å². The lowest BCUT2D eigenvalue weighted by molar-refractivity contribution is -0.124. The monoisotopic (exact) mass is 368 g/mol. The van der Waals surface area contributed by atoms with Crippen LogP contribution in [-0.4, -0.2) is 23.5 Å². The van der Waals surface area contributed by atoms with Crippen LogP contribution in [0.4, 0.5) is 0 Å². The molecule has 0 saturated carbocycles. The van der Waals surface area contributed by atoms with Crippen molar-refractivity contribution in [1.82, 2.24) is 10.3 Å². The molecule has 2 N–H and O–H groups in total. The number of ether oxygens (including phenoxy) is 1. The van der Waals surface area contributed by atoms with E-state index in [2.05, 4.69) is 10.3 Å². The molecule has 0 saturated heterocycles. The molecule has 0 aliphatic rings.